The smallest absolute Gasteiger partial charge is 0.121 e. The zero-order chi connectivity index (χ0) is 13.0. The molecule has 0 spiro atoms. The summed E-state index contributed by atoms with van der Waals surface area (Å²) in [4.78, 5) is 0. The molecule has 0 aromatic heterocycles. The minimum absolute atomic E-state index is 0.593. The largest absolute Gasteiger partial charge is 0.496 e. The lowest BCUT2D eigenvalue weighted by Crippen LogP contribution is -1.98. The van der Waals surface area contributed by atoms with Crippen LogP contribution in [0.2, 0.25) is 0 Å². The molecule has 2 aromatic carbocycles. The van der Waals surface area contributed by atoms with E-state index in [1.54, 1.807) is 7.11 Å². The van der Waals surface area contributed by atoms with Gasteiger partial charge in [-0.1, -0.05) is 36.4 Å². The Hall–Kier alpha value is -1.80. The molecule has 0 bridgehead atoms. The van der Waals surface area contributed by atoms with Gasteiger partial charge in [0.15, 0.2) is 0 Å². The van der Waals surface area contributed by atoms with Crippen molar-refractivity contribution in [3.05, 3.63) is 64.7 Å². The lowest BCUT2D eigenvalue weighted by Gasteiger charge is -2.08. The first kappa shape index (κ1) is 12.7. The van der Waals surface area contributed by atoms with Gasteiger partial charge in [-0.2, -0.15) is 0 Å². The second kappa shape index (κ2) is 5.69. The van der Waals surface area contributed by atoms with Crippen molar-refractivity contribution in [3.63, 3.8) is 0 Å². The van der Waals surface area contributed by atoms with Gasteiger partial charge in [0.05, 0.1) is 7.11 Å². The third-order valence-corrected chi connectivity index (χ3v) is 3.09. The molecule has 94 valence electrons. The summed E-state index contributed by atoms with van der Waals surface area (Å²) in [5.41, 5.74) is 10.6. The number of benzene rings is 2. The van der Waals surface area contributed by atoms with Crippen LogP contribution >= 0.6 is 0 Å². The molecule has 2 heteroatoms. The number of hydrogen-bond acceptors (Lipinski definition) is 2. The van der Waals surface area contributed by atoms with Crippen LogP contribution in [-0.4, -0.2) is 7.11 Å². The van der Waals surface area contributed by atoms with Crippen LogP contribution in [0.15, 0.2) is 42.5 Å². The van der Waals surface area contributed by atoms with Gasteiger partial charge in [0.25, 0.3) is 0 Å². The predicted molar refractivity (Wildman–Crippen MR) is 74.9 cm³/mol. The molecule has 0 unspecified atom stereocenters. The lowest BCUT2D eigenvalue weighted by molar-refractivity contribution is 0.411. The Kier molecular flexibility index (Phi) is 4.00. The molecular weight excluding hydrogens is 222 g/mol. The summed E-state index contributed by atoms with van der Waals surface area (Å²) in [6.45, 7) is 2.66. The number of nitrogens with two attached hydrogens (primary N) is 1. The zero-order valence-electron chi connectivity index (χ0n) is 10.9. The quantitative estimate of drug-likeness (QED) is 0.893. The predicted octanol–water partition coefficient (Wildman–Crippen LogP) is 3.05. The van der Waals surface area contributed by atoms with Gasteiger partial charge in [0, 0.05) is 6.54 Å². The molecular formula is C16H19NO. The summed E-state index contributed by atoms with van der Waals surface area (Å²) in [6.07, 6.45) is 0.929. The minimum atomic E-state index is 0.593. The van der Waals surface area contributed by atoms with E-state index in [1.807, 2.05) is 6.07 Å². The fraction of sp³-hybridized carbons (Fsp3) is 0.250. The van der Waals surface area contributed by atoms with Crippen LogP contribution in [0.1, 0.15) is 22.3 Å². The van der Waals surface area contributed by atoms with E-state index in [2.05, 4.69) is 43.3 Å². The van der Waals surface area contributed by atoms with Gasteiger partial charge in [-0.3, -0.25) is 0 Å². The standard InChI is InChI=1S/C16H19NO/c1-12-8-14(6-7-16(12)18-2)9-13-4-3-5-15(10-13)11-17/h3-8,10H,9,11,17H2,1-2H3. The molecule has 2 nitrogen and oxygen atoms in total. The summed E-state index contributed by atoms with van der Waals surface area (Å²) in [5.74, 6) is 0.939. The van der Waals surface area contributed by atoms with Crippen LogP contribution in [0.3, 0.4) is 0 Å². The summed E-state index contributed by atoms with van der Waals surface area (Å²) in [7, 11) is 1.70. The molecule has 0 saturated carbocycles. The van der Waals surface area contributed by atoms with Crippen LogP contribution in [0.4, 0.5) is 0 Å². The SMILES string of the molecule is COc1ccc(Cc2cccc(CN)c2)cc1C. The van der Waals surface area contributed by atoms with Gasteiger partial charge in [0.1, 0.15) is 5.75 Å². The van der Waals surface area contributed by atoms with Gasteiger partial charge in [-0.25, -0.2) is 0 Å². The molecule has 0 atom stereocenters. The van der Waals surface area contributed by atoms with Crippen molar-refractivity contribution in [1.29, 1.82) is 0 Å². The van der Waals surface area contributed by atoms with Crippen molar-refractivity contribution < 1.29 is 4.74 Å². The van der Waals surface area contributed by atoms with Gasteiger partial charge in [-0.15, -0.1) is 0 Å². The van der Waals surface area contributed by atoms with Crippen LogP contribution in [-0.2, 0) is 13.0 Å². The zero-order valence-corrected chi connectivity index (χ0v) is 10.9. The van der Waals surface area contributed by atoms with Crippen molar-refractivity contribution in [2.45, 2.75) is 19.9 Å². The van der Waals surface area contributed by atoms with E-state index in [0.717, 1.165) is 12.2 Å². The fourth-order valence-electron chi connectivity index (χ4n) is 2.15. The lowest BCUT2D eigenvalue weighted by atomic mass is 10.0. The van der Waals surface area contributed by atoms with Gasteiger partial charge >= 0.3 is 0 Å². The number of aryl methyl sites for hydroxylation is 1. The van der Waals surface area contributed by atoms with Crippen molar-refractivity contribution in [2.24, 2.45) is 5.73 Å². The maximum Gasteiger partial charge on any atom is 0.121 e. The number of rotatable bonds is 4. The highest BCUT2D eigenvalue weighted by Crippen LogP contribution is 2.20. The maximum absolute atomic E-state index is 5.66. The molecule has 0 saturated heterocycles. The van der Waals surface area contributed by atoms with E-state index in [9.17, 15) is 0 Å². The summed E-state index contributed by atoms with van der Waals surface area (Å²) in [5, 5.41) is 0. The molecule has 0 radical (unpaired) electrons. The summed E-state index contributed by atoms with van der Waals surface area (Å²) >= 11 is 0. The minimum Gasteiger partial charge on any atom is -0.496 e. The first-order valence-electron chi connectivity index (χ1n) is 6.14. The summed E-state index contributed by atoms with van der Waals surface area (Å²) in [6, 6.07) is 14.7. The maximum atomic E-state index is 5.66. The molecule has 2 rings (SSSR count). The van der Waals surface area contributed by atoms with Crippen LogP contribution in [0, 0.1) is 6.92 Å². The number of hydrogen-bond donors (Lipinski definition) is 1. The fourth-order valence-corrected chi connectivity index (χ4v) is 2.15. The van der Waals surface area contributed by atoms with E-state index >= 15 is 0 Å². The van der Waals surface area contributed by atoms with Crippen molar-refractivity contribution in [3.8, 4) is 5.75 Å². The Morgan fingerprint density at radius 2 is 1.72 bits per heavy atom. The average molecular weight is 241 g/mol. The van der Waals surface area contributed by atoms with Crippen molar-refractivity contribution >= 4 is 0 Å². The first-order valence-corrected chi connectivity index (χ1v) is 6.14. The highest BCUT2D eigenvalue weighted by molar-refractivity contribution is 5.38. The van der Waals surface area contributed by atoms with Crippen LogP contribution in [0.5, 0.6) is 5.75 Å². The Balaban J connectivity index is 2.20. The molecule has 0 amide bonds. The van der Waals surface area contributed by atoms with E-state index in [-0.39, 0.29) is 0 Å². The Bertz CT molecular complexity index is 534. The number of methoxy groups -OCH3 is 1. The summed E-state index contributed by atoms with van der Waals surface area (Å²) < 4.78 is 5.27. The normalized spacial score (nSPS) is 10.4. The van der Waals surface area contributed by atoms with Gasteiger partial charge in [0.2, 0.25) is 0 Å². The second-order valence-electron chi connectivity index (χ2n) is 4.50. The van der Waals surface area contributed by atoms with E-state index in [1.165, 1.54) is 22.3 Å². The molecule has 0 aliphatic carbocycles. The van der Waals surface area contributed by atoms with Crippen LogP contribution < -0.4 is 10.5 Å². The van der Waals surface area contributed by atoms with Gasteiger partial charge in [-0.05, 0) is 41.7 Å². The topological polar surface area (TPSA) is 35.2 Å². The van der Waals surface area contributed by atoms with Gasteiger partial charge < -0.3 is 10.5 Å². The molecule has 18 heavy (non-hydrogen) atoms. The average Bonchev–Trinajstić information content (AvgIpc) is 2.39. The molecule has 2 aromatic rings. The Morgan fingerprint density at radius 1 is 1.00 bits per heavy atom. The third-order valence-electron chi connectivity index (χ3n) is 3.09. The molecule has 0 heterocycles. The monoisotopic (exact) mass is 241 g/mol. The molecule has 0 aliphatic rings. The third kappa shape index (κ3) is 2.90. The first-order chi connectivity index (χ1) is 8.72. The van der Waals surface area contributed by atoms with Crippen molar-refractivity contribution in [2.75, 3.05) is 7.11 Å². The van der Waals surface area contributed by atoms with Crippen molar-refractivity contribution in [1.82, 2.24) is 0 Å². The molecule has 2 N–H and O–H groups in total. The van der Waals surface area contributed by atoms with E-state index in [4.69, 9.17) is 10.5 Å². The van der Waals surface area contributed by atoms with Crippen LogP contribution in [0.25, 0.3) is 0 Å². The Morgan fingerprint density at radius 3 is 2.39 bits per heavy atom. The highest BCUT2D eigenvalue weighted by Gasteiger charge is 2.02. The van der Waals surface area contributed by atoms with E-state index < -0.39 is 0 Å². The second-order valence-corrected chi connectivity index (χ2v) is 4.50. The molecule has 0 fully saturated rings. The van der Waals surface area contributed by atoms with E-state index in [0.29, 0.717) is 6.54 Å². The number of ether oxygens (including phenoxy) is 1. The molecule has 0 aliphatic heterocycles. The highest BCUT2D eigenvalue weighted by atomic mass is 16.5. The Labute approximate surface area is 108 Å².